The fourth-order valence-electron chi connectivity index (χ4n) is 1.36. The minimum atomic E-state index is -1.19. The topological polar surface area (TPSA) is 92.4 Å². The zero-order valence-electron chi connectivity index (χ0n) is 8.87. The van der Waals surface area contributed by atoms with E-state index < -0.39 is 23.2 Å². The Hall–Kier alpha value is -1.95. The summed E-state index contributed by atoms with van der Waals surface area (Å²) < 4.78 is 13.4. The van der Waals surface area contributed by atoms with E-state index in [1.807, 2.05) is 0 Å². The van der Waals surface area contributed by atoms with Crippen LogP contribution in [0.4, 0.5) is 10.1 Å². The van der Waals surface area contributed by atoms with Crippen LogP contribution in [0.1, 0.15) is 23.2 Å². The summed E-state index contributed by atoms with van der Waals surface area (Å²) in [6.07, 6.45) is 1.11. The highest BCUT2D eigenvalue weighted by molar-refractivity contribution is 6.01. The van der Waals surface area contributed by atoms with Crippen LogP contribution >= 0.6 is 0 Å². The molecule has 4 N–H and O–H groups in total. The maximum atomic E-state index is 13.4. The number of nitrogens with two attached hydrogens (primary N) is 1. The molecular weight excluding hydrogens is 227 g/mol. The first-order valence-corrected chi connectivity index (χ1v) is 5.05. The summed E-state index contributed by atoms with van der Waals surface area (Å²) in [6, 6.07) is 3.19. The second-order valence-corrected chi connectivity index (χ2v) is 4.11. The van der Waals surface area contributed by atoms with Crippen LogP contribution in [-0.2, 0) is 4.79 Å². The fraction of sp³-hybridized carbons (Fsp3) is 0.273. The molecule has 0 aromatic heterocycles. The van der Waals surface area contributed by atoms with Gasteiger partial charge in [0.15, 0.2) is 0 Å². The highest BCUT2D eigenvalue weighted by atomic mass is 19.1. The molecule has 1 amide bonds. The first-order chi connectivity index (χ1) is 7.92. The molecule has 0 aliphatic heterocycles. The SMILES string of the molecule is NC1(C(=O)Nc2cc(C(=O)O)ccc2F)CC1. The van der Waals surface area contributed by atoms with E-state index in [4.69, 9.17) is 10.8 Å². The molecule has 5 nitrogen and oxygen atoms in total. The monoisotopic (exact) mass is 238 g/mol. The van der Waals surface area contributed by atoms with E-state index >= 15 is 0 Å². The highest BCUT2D eigenvalue weighted by Crippen LogP contribution is 2.33. The number of hydrogen-bond donors (Lipinski definition) is 3. The molecule has 1 aliphatic carbocycles. The average molecular weight is 238 g/mol. The predicted molar refractivity (Wildman–Crippen MR) is 58.1 cm³/mol. The van der Waals surface area contributed by atoms with Gasteiger partial charge in [-0.05, 0) is 31.0 Å². The van der Waals surface area contributed by atoms with Crippen LogP contribution < -0.4 is 11.1 Å². The quantitative estimate of drug-likeness (QED) is 0.731. The molecule has 90 valence electrons. The van der Waals surface area contributed by atoms with Crippen LogP contribution in [0.3, 0.4) is 0 Å². The van der Waals surface area contributed by atoms with Gasteiger partial charge in [0, 0.05) is 0 Å². The Morgan fingerprint density at radius 3 is 2.59 bits per heavy atom. The van der Waals surface area contributed by atoms with Gasteiger partial charge in [0.2, 0.25) is 5.91 Å². The van der Waals surface area contributed by atoms with Gasteiger partial charge >= 0.3 is 5.97 Å². The first kappa shape index (κ1) is 11.5. The molecule has 1 saturated carbocycles. The van der Waals surface area contributed by atoms with Crippen LogP contribution in [-0.4, -0.2) is 22.5 Å². The zero-order valence-corrected chi connectivity index (χ0v) is 8.87. The van der Waals surface area contributed by atoms with Gasteiger partial charge in [0.05, 0.1) is 16.8 Å². The van der Waals surface area contributed by atoms with E-state index in [0.29, 0.717) is 12.8 Å². The largest absolute Gasteiger partial charge is 0.478 e. The molecule has 0 atom stereocenters. The van der Waals surface area contributed by atoms with Crippen LogP contribution in [0.15, 0.2) is 18.2 Å². The maximum Gasteiger partial charge on any atom is 0.335 e. The first-order valence-electron chi connectivity index (χ1n) is 5.05. The van der Waals surface area contributed by atoms with E-state index in [1.54, 1.807) is 0 Å². The summed E-state index contributed by atoms with van der Waals surface area (Å²) >= 11 is 0. The molecular formula is C11H11FN2O3. The van der Waals surface area contributed by atoms with E-state index in [1.165, 1.54) is 0 Å². The van der Waals surface area contributed by atoms with E-state index in [9.17, 15) is 14.0 Å². The van der Waals surface area contributed by atoms with Crippen molar-refractivity contribution in [1.82, 2.24) is 0 Å². The average Bonchev–Trinajstić information content (AvgIpc) is 3.00. The molecule has 0 radical (unpaired) electrons. The number of nitrogens with one attached hydrogen (secondary N) is 1. The summed E-state index contributed by atoms with van der Waals surface area (Å²) in [7, 11) is 0. The molecule has 0 heterocycles. The highest BCUT2D eigenvalue weighted by Gasteiger charge is 2.46. The number of carboxylic acids is 1. The summed E-state index contributed by atoms with van der Waals surface area (Å²) in [5.41, 5.74) is 4.46. The summed E-state index contributed by atoms with van der Waals surface area (Å²) in [5.74, 6) is -2.36. The Morgan fingerprint density at radius 1 is 1.41 bits per heavy atom. The van der Waals surface area contributed by atoms with Crippen molar-refractivity contribution in [2.45, 2.75) is 18.4 Å². The number of benzene rings is 1. The lowest BCUT2D eigenvalue weighted by molar-refractivity contribution is -0.118. The zero-order chi connectivity index (χ0) is 12.6. The molecule has 1 fully saturated rings. The minimum Gasteiger partial charge on any atom is -0.478 e. The van der Waals surface area contributed by atoms with Gasteiger partial charge in [0.25, 0.3) is 0 Å². The number of aromatic carboxylic acids is 1. The number of halogens is 1. The van der Waals surface area contributed by atoms with Crippen molar-refractivity contribution in [1.29, 1.82) is 0 Å². The summed E-state index contributed by atoms with van der Waals surface area (Å²) in [6.45, 7) is 0. The number of anilines is 1. The number of carbonyl (C=O) groups excluding carboxylic acids is 1. The van der Waals surface area contributed by atoms with Crippen molar-refractivity contribution in [3.05, 3.63) is 29.6 Å². The number of rotatable bonds is 3. The molecule has 1 aromatic rings. The van der Waals surface area contributed by atoms with Gasteiger partial charge in [-0.15, -0.1) is 0 Å². The number of hydrogen-bond acceptors (Lipinski definition) is 3. The second kappa shape index (κ2) is 3.81. The third-order valence-electron chi connectivity index (χ3n) is 2.70. The Morgan fingerprint density at radius 2 is 2.06 bits per heavy atom. The smallest absolute Gasteiger partial charge is 0.335 e. The van der Waals surface area contributed by atoms with Crippen molar-refractivity contribution >= 4 is 17.6 Å². The fourth-order valence-corrected chi connectivity index (χ4v) is 1.36. The van der Waals surface area contributed by atoms with Gasteiger partial charge < -0.3 is 16.2 Å². The lowest BCUT2D eigenvalue weighted by atomic mass is 10.2. The molecule has 6 heteroatoms. The summed E-state index contributed by atoms with van der Waals surface area (Å²) in [4.78, 5) is 22.3. The van der Waals surface area contributed by atoms with Crippen LogP contribution in [0, 0.1) is 5.82 Å². The molecule has 1 aliphatic rings. The van der Waals surface area contributed by atoms with Crippen LogP contribution in [0.5, 0.6) is 0 Å². The van der Waals surface area contributed by atoms with E-state index in [0.717, 1.165) is 18.2 Å². The molecule has 0 saturated heterocycles. The summed E-state index contributed by atoms with van der Waals surface area (Å²) in [5, 5.41) is 11.1. The van der Waals surface area contributed by atoms with E-state index in [2.05, 4.69) is 5.32 Å². The van der Waals surface area contributed by atoms with E-state index in [-0.39, 0.29) is 11.3 Å². The Kier molecular flexibility index (Phi) is 2.59. The van der Waals surface area contributed by atoms with Crippen molar-refractivity contribution in [2.75, 3.05) is 5.32 Å². The molecule has 0 bridgehead atoms. The van der Waals surface area contributed by atoms with Crippen molar-refractivity contribution in [2.24, 2.45) is 5.73 Å². The van der Waals surface area contributed by atoms with Crippen LogP contribution in [0.2, 0.25) is 0 Å². The molecule has 0 unspecified atom stereocenters. The Balaban J connectivity index is 2.22. The lowest BCUT2D eigenvalue weighted by Crippen LogP contribution is -2.38. The van der Waals surface area contributed by atoms with Gasteiger partial charge in [-0.25, -0.2) is 9.18 Å². The number of carbonyl (C=O) groups is 2. The number of carboxylic acid groups (broad SMARTS) is 1. The Bertz CT molecular complexity index is 497. The second-order valence-electron chi connectivity index (χ2n) is 4.11. The lowest BCUT2D eigenvalue weighted by Gasteiger charge is -2.11. The van der Waals surface area contributed by atoms with Crippen molar-refractivity contribution in [3.63, 3.8) is 0 Å². The third kappa shape index (κ3) is 2.26. The maximum absolute atomic E-state index is 13.4. The minimum absolute atomic E-state index is 0.0939. The van der Waals surface area contributed by atoms with Gasteiger partial charge in [0.1, 0.15) is 5.82 Å². The normalized spacial score (nSPS) is 16.4. The molecule has 2 rings (SSSR count). The van der Waals surface area contributed by atoms with Gasteiger partial charge in [-0.2, -0.15) is 0 Å². The van der Waals surface area contributed by atoms with Crippen molar-refractivity contribution in [3.8, 4) is 0 Å². The predicted octanol–water partition coefficient (Wildman–Crippen LogP) is 0.954. The van der Waals surface area contributed by atoms with Gasteiger partial charge in [-0.3, -0.25) is 4.79 Å². The third-order valence-corrected chi connectivity index (χ3v) is 2.70. The molecule has 0 spiro atoms. The number of amides is 1. The molecule has 1 aromatic carbocycles. The standard InChI is InChI=1S/C11H11FN2O3/c12-7-2-1-6(9(15)16)5-8(7)14-10(17)11(13)3-4-11/h1-2,5H,3-4,13H2,(H,14,17)(H,15,16). The Labute approximate surface area is 96.4 Å². The molecule has 17 heavy (non-hydrogen) atoms. The van der Waals surface area contributed by atoms with Gasteiger partial charge in [-0.1, -0.05) is 0 Å². The van der Waals surface area contributed by atoms with Crippen molar-refractivity contribution < 1.29 is 19.1 Å². The van der Waals surface area contributed by atoms with Crippen LogP contribution in [0.25, 0.3) is 0 Å².